The molecule has 6 nitrogen and oxygen atoms in total. The van der Waals surface area contributed by atoms with E-state index >= 15 is 0 Å². The maximum Gasteiger partial charge on any atom is 0.318 e. The number of rotatable bonds is 8. The van der Waals surface area contributed by atoms with Crippen molar-refractivity contribution in [2.75, 3.05) is 31.7 Å². The van der Waals surface area contributed by atoms with Crippen LogP contribution < -0.4 is 10.6 Å². The topological polar surface area (TPSA) is 77.4 Å². The molecule has 17 heavy (non-hydrogen) atoms. The summed E-state index contributed by atoms with van der Waals surface area (Å²) in [6.45, 7) is 6.15. The monoisotopic (exact) mass is 242 g/mol. The van der Waals surface area contributed by atoms with E-state index in [1.165, 1.54) is 0 Å². The highest BCUT2D eigenvalue weighted by Crippen LogP contribution is 2.16. The highest BCUT2D eigenvalue weighted by atomic mass is 16.5. The molecule has 98 valence electrons. The lowest BCUT2D eigenvalue weighted by Gasteiger charge is -2.25. The number of hydrogen-bond acceptors (Lipinski definition) is 6. The van der Waals surface area contributed by atoms with Crippen molar-refractivity contribution in [3.8, 4) is 0 Å². The first kappa shape index (κ1) is 13.9. The van der Waals surface area contributed by atoms with E-state index in [0.29, 0.717) is 37.5 Å². The lowest BCUT2D eigenvalue weighted by Crippen LogP contribution is -2.35. The third kappa shape index (κ3) is 3.98. The van der Waals surface area contributed by atoms with E-state index in [2.05, 4.69) is 28.9 Å². The summed E-state index contributed by atoms with van der Waals surface area (Å²) < 4.78 is 10.7. The van der Waals surface area contributed by atoms with Gasteiger partial charge in [-0.15, -0.1) is 5.10 Å². The van der Waals surface area contributed by atoms with E-state index < -0.39 is 0 Å². The van der Waals surface area contributed by atoms with Gasteiger partial charge in [-0.05, 0) is 13.3 Å². The smallest absolute Gasteiger partial charge is 0.318 e. The molecule has 0 aliphatic rings. The molecule has 0 saturated heterocycles. The Morgan fingerprint density at radius 1 is 1.47 bits per heavy atom. The van der Waals surface area contributed by atoms with Crippen LogP contribution in [0.5, 0.6) is 0 Å². The van der Waals surface area contributed by atoms with E-state index in [-0.39, 0.29) is 0 Å². The molecule has 0 aliphatic carbocycles. The molecular weight excluding hydrogens is 220 g/mol. The van der Waals surface area contributed by atoms with Crippen molar-refractivity contribution in [1.82, 2.24) is 10.2 Å². The Hall–Kier alpha value is -1.14. The molecule has 0 amide bonds. The van der Waals surface area contributed by atoms with Crippen LogP contribution in [0.4, 0.5) is 6.01 Å². The normalized spacial score (nSPS) is 12.7. The first-order valence-electron chi connectivity index (χ1n) is 6.00. The Balaban J connectivity index is 2.72. The van der Waals surface area contributed by atoms with E-state index in [1.54, 1.807) is 7.11 Å². The molecule has 2 N–H and O–H groups in total. The summed E-state index contributed by atoms with van der Waals surface area (Å²) in [7, 11) is 1.68. The number of methoxy groups -OCH3 is 1. The van der Waals surface area contributed by atoms with Crippen LogP contribution in [0, 0.1) is 0 Å². The molecule has 0 aliphatic heterocycles. The minimum atomic E-state index is 0.344. The average Bonchev–Trinajstić information content (AvgIpc) is 2.78. The van der Waals surface area contributed by atoms with Gasteiger partial charge in [0, 0.05) is 32.7 Å². The standard InChI is InChI=1S/C11H22N4O2/c1-4-9(2)15(7-8-16-3)11-14-13-10(17-11)5-6-12/h9H,4-8,12H2,1-3H3. The molecule has 6 heteroatoms. The molecule has 0 aromatic carbocycles. The summed E-state index contributed by atoms with van der Waals surface area (Å²) in [4.78, 5) is 2.07. The molecule has 0 saturated carbocycles. The molecule has 1 aromatic heterocycles. The first-order chi connectivity index (χ1) is 8.22. The molecule has 1 aromatic rings. The van der Waals surface area contributed by atoms with Crippen LogP contribution in [-0.2, 0) is 11.2 Å². The van der Waals surface area contributed by atoms with Crippen molar-refractivity contribution in [1.29, 1.82) is 0 Å². The third-order valence-electron chi connectivity index (χ3n) is 2.72. The second-order valence-corrected chi connectivity index (χ2v) is 3.96. The number of ether oxygens (including phenoxy) is 1. The van der Waals surface area contributed by atoms with E-state index in [9.17, 15) is 0 Å². The van der Waals surface area contributed by atoms with E-state index in [1.807, 2.05) is 0 Å². The van der Waals surface area contributed by atoms with Gasteiger partial charge >= 0.3 is 6.01 Å². The third-order valence-corrected chi connectivity index (χ3v) is 2.72. The highest BCUT2D eigenvalue weighted by molar-refractivity contribution is 5.25. The number of aromatic nitrogens is 2. The SMILES string of the molecule is CCC(C)N(CCOC)c1nnc(CCN)o1. The molecule has 1 atom stereocenters. The van der Waals surface area contributed by atoms with Gasteiger partial charge in [0.2, 0.25) is 5.89 Å². The predicted molar refractivity (Wildman–Crippen MR) is 66.0 cm³/mol. The molecule has 0 fully saturated rings. The van der Waals surface area contributed by atoms with Gasteiger partial charge in [0.25, 0.3) is 0 Å². The van der Waals surface area contributed by atoms with Crippen LogP contribution >= 0.6 is 0 Å². The minimum absolute atomic E-state index is 0.344. The van der Waals surface area contributed by atoms with Gasteiger partial charge in [-0.2, -0.15) is 0 Å². The lowest BCUT2D eigenvalue weighted by atomic mass is 10.2. The van der Waals surface area contributed by atoms with Crippen LogP contribution in [-0.4, -0.2) is 43.0 Å². The highest BCUT2D eigenvalue weighted by Gasteiger charge is 2.18. The first-order valence-corrected chi connectivity index (χ1v) is 6.00. The molecule has 0 radical (unpaired) electrons. The maximum atomic E-state index is 5.57. The Morgan fingerprint density at radius 2 is 2.24 bits per heavy atom. The van der Waals surface area contributed by atoms with Crippen molar-refractivity contribution in [2.24, 2.45) is 5.73 Å². The van der Waals surface area contributed by atoms with Gasteiger partial charge in [0.1, 0.15) is 0 Å². The second kappa shape index (κ2) is 7.24. The van der Waals surface area contributed by atoms with Crippen LogP contribution in [0.1, 0.15) is 26.2 Å². The zero-order chi connectivity index (χ0) is 12.7. The van der Waals surface area contributed by atoms with Crippen LogP contribution in [0.2, 0.25) is 0 Å². The molecule has 1 unspecified atom stereocenters. The quantitative estimate of drug-likeness (QED) is 0.727. The number of nitrogens with zero attached hydrogens (tertiary/aromatic N) is 3. The van der Waals surface area contributed by atoms with Crippen molar-refractivity contribution in [2.45, 2.75) is 32.7 Å². The minimum Gasteiger partial charge on any atom is -0.408 e. The summed E-state index contributed by atoms with van der Waals surface area (Å²) >= 11 is 0. The largest absolute Gasteiger partial charge is 0.408 e. The van der Waals surface area contributed by atoms with Crippen molar-refractivity contribution in [3.63, 3.8) is 0 Å². The fourth-order valence-corrected chi connectivity index (χ4v) is 1.50. The molecule has 1 heterocycles. The Labute approximate surface area is 102 Å². The fourth-order valence-electron chi connectivity index (χ4n) is 1.50. The van der Waals surface area contributed by atoms with E-state index in [0.717, 1.165) is 13.0 Å². The Bertz CT molecular complexity index is 316. The fraction of sp³-hybridized carbons (Fsp3) is 0.818. The summed E-state index contributed by atoms with van der Waals surface area (Å²) in [5.41, 5.74) is 5.45. The van der Waals surface area contributed by atoms with Gasteiger partial charge in [-0.25, -0.2) is 0 Å². The van der Waals surface area contributed by atoms with Crippen LogP contribution in [0.25, 0.3) is 0 Å². The van der Waals surface area contributed by atoms with Crippen molar-refractivity contribution in [3.05, 3.63) is 5.89 Å². The average molecular weight is 242 g/mol. The van der Waals surface area contributed by atoms with Crippen molar-refractivity contribution < 1.29 is 9.15 Å². The molecule has 0 spiro atoms. The summed E-state index contributed by atoms with van der Waals surface area (Å²) in [5, 5.41) is 8.03. The van der Waals surface area contributed by atoms with Gasteiger partial charge < -0.3 is 19.8 Å². The lowest BCUT2D eigenvalue weighted by molar-refractivity contribution is 0.201. The second-order valence-electron chi connectivity index (χ2n) is 3.96. The van der Waals surface area contributed by atoms with Crippen LogP contribution in [0.3, 0.4) is 0 Å². The van der Waals surface area contributed by atoms with E-state index in [4.69, 9.17) is 14.9 Å². The Morgan fingerprint density at radius 3 is 2.82 bits per heavy atom. The van der Waals surface area contributed by atoms with Crippen molar-refractivity contribution >= 4 is 6.01 Å². The van der Waals surface area contributed by atoms with Gasteiger partial charge in [0.15, 0.2) is 0 Å². The molecule has 0 bridgehead atoms. The number of anilines is 1. The molecular formula is C11H22N4O2. The number of hydrogen-bond donors (Lipinski definition) is 1. The predicted octanol–water partition coefficient (Wildman–Crippen LogP) is 0.822. The zero-order valence-corrected chi connectivity index (χ0v) is 10.8. The summed E-state index contributed by atoms with van der Waals surface area (Å²) in [6, 6.07) is 0.899. The zero-order valence-electron chi connectivity index (χ0n) is 10.8. The Kier molecular flexibility index (Phi) is 5.93. The maximum absolute atomic E-state index is 5.57. The molecule has 1 rings (SSSR count). The van der Waals surface area contributed by atoms with Gasteiger partial charge in [-0.3, -0.25) is 0 Å². The van der Waals surface area contributed by atoms with Gasteiger partial charge in [0.05, 0.1) is 6.61 Å². The van der Waals surface area contributed by atoms with Crippen LogP contribution in [0.15, 0.2) is 4.42 Å². The summed E-state index contributed by atoms with van der Waals surface area (Å²) in [6.07, 6.45) is 1.63. The van der Waals surface area contributed by atoms with Gasteiger partial charge in [-0.1, -0.05) is 12.0 Å². The number of nitrogens with two attached hydrogens (primary N) is 1. The summed E-state index contributed by atoms with van der Waals surface area (Å²) in [5.74, 6) is 0.591.